The number of carbonyl (C=O) groups excluding carboxylic acids is 2. The molecule has 3 nitrogen and oxygen atoms in total. The number of rotatable bonds is 8. The zero-order valence-electron chi connectivity index (χ0n) is 21.8. The van der Waals surface area contributed by atoms with Crippen molar-refractivity contribution in [1.29, 1.82) is 0 Å². The Morgan fingerprint density at radius 3 is 1.87 bits per heavy atom. The van der Waals surface area contributed by atoms with Crippen LogP contribution in [-0.2, 0) is 0 Å². The first-order chi connectivity index (χ1) is 18.6. The first kappa shape index (κ1) is 25.2. The molecule has 192 valence electrons. The Balaban J connectivity index is 1.45. The Morgan fingerprint density at radius 2 is 1.32 bits per heavy atom. The van der Waals surface area contributed by atoms with Crippen molar-refractivity contribution in [2.24, 2.45) is 0 Å². The average molecular weight is 554 g/mol. The van der Waals surface area contributed by atoms with Crippen LogP contribution in [-0.4, -0.2) is 19.6 Å². The molecule has 2 aromatic carbocycles. The molecule has 2 aliphatic rings. The number of benzene rings is 2. The molecular weight excluding hydrogens is 523 g/mol. The van der Waals surface area contributed by atoms with E-state index in [9.17, 15) is 9.59 Å². The molecule has 0 spiro atoms. The van der Waals surface area contributed by atoms with Gasteiger partial charge in [-0.2, -0.15) is 11.3 Å². The van der Waals surface area contributed by atoms with Crippen molar-refractivity contribution in [3.8, 4) is 0 Å². The summed E-state index contributed by atoms with van der Waals surface area (Å²) in [6.07, 6.45) is 6.71. The van der Waals surface area contributed by atoms with Gasteiger partial charge in [0.05, 0.1) is 5.57 Å². The second-order valence-corrected chi connectivity index (χ2v) is 16.3. The zero-order valence-corrected chi connectivity index (χ0v) is 24.5. The maximum atomic E-state index is 12.9. The monoisotopic (exact) mass is 553 g/mol. The van der Waals surface area contributed by atoms with Gasteiger partial charge < -0.3 is 4.90 Å². The van der Waals surface area contributed by atoms with Crippen molar-refractivity contribution in [3.05, 3.63) is 93.0 Å². The van der Waals surface area contributed by atoms with Crippen LogP contribution in [0.1, 0.15) is 65.1 Å². The molecule has 3 heterocycles. The number of fused-ring (bicyclic) bond motifs is 3. The molecule has 2 aromatic heterocycles. The number of ketones is 2. The van der Waals surface area contributed by atoms with Gasteiger partial charge >= 0.3 is 0 Å². The number of hydrogen-bond acceptors (Lipinski definition) is 5. The highest BCUT2D eigenvalue weighted by Crippen LogP contribution is 2.44. The fourth-order valence-electron chi connectivity index (χ4n) is 6.14. The molecule has 0 radical (unpaired) electrons. The van der Waals surface area contributed by atoms with Gasteiger partial charge in [-0.25, -0.2) is 0 Å². The molecule has 6 rings (SSSR count). The van der Waals surface area contributed by atoms with Crippen LogP contribution in [0.4, 0.5) is 16.4 Å². The fourth-order valence-corrected chi connectivity index (χ4v) is 13.7. The van der Waals surface area contributed by atoms with E-state index >= 15 is 0 Å². The smallest absolute Gasteiger partial charge is 0.198 e. The average Bonchev–Trinajstić information content (AvgIpc) is 3.67. The Morgan fingerprint density at radius 1 is 0.763 bits per heavy atom. The van der Waals surface area contributed by atoms with E-state index in [1.807, 2.05) is 6.07 Å². The topological polar surface area (TPSA) is 37.4 Å². The lowest BCUT2D eigenvalue weighted by atomic mass is 10.1. The highest BCUT2D eigenvalue weighted by Gasteiger charge is 2.44. The molecule has 1 aliphatic heterocycles. The number of para-hydroxylation sites is 2. The largest absolute Gasteiger partial charge is 0.302 e. The van der Waals surface area contributed by atoms with Crippen LogP contribution >= 0.6 is 22.7 Å². The molecule has 0 amide bonds. The van der Waals surface area contributed by atoms with Crippen molar-refractivity contribution in [2.75, 3.05) is 4.90 Å². The fraction of sp³-hybridized carbons (Fsp3) is 0.250. The van der Waals surface area contributed by atoms with Gasteiger partial charge in [-0.3, -0.25) is 9.59 Å². The van der Waals surface area contributed by atoms with Crippen molar-refractivity contribution in [3.63, 3.8) is 0 Å². The number of carbonyl (C=O) groups is 2. The minimum Gasteiger partial charge on any atom is -0.302 e. The van der Waals surface area contributed by atoms with Gasteiger partial charge in [-0.1, -0.05) is 75.9 Å². The molecule has 0 saturated heterocycles. The quantitative estimate of drug-likeness (QED) is 0.125. The lowest BCUT2D eigenvalue weighted by molar-refractivity contribution is 0.0990. The molecule has 0 atom stereocenters. The third kappa shape index (κ3) is 3.97. The highest BCUT2D eigenvalue weighted by atomic mass is 32.1. The summed E-state index contributed by atoms with van der Waals surface area (Å²) < 4.78 is 0. The number of Topliss-reactive ketones (excluding diaryl/α,β-unsaturated/α-hetero) is 2. The Hall–Kier alpha value is -3.06. The van der Waals surface area contributed by atoms with Crippen LogP contribution in [0, 0.1) is 0 Å². The van der Waals surface area contributed by atoms with Crippen molar-refractivity contribution >= 4 is 75.1 Å². The van der Waals surface area contributed by atoms with E-state index in [0.29, 0.717) is 11.1 Å². The summed E-state index contributed by atoms with van der Waals surface area (Å²) in [5.74, 6) is -0.310. The lowest BCUT2D eigenvalue weighted by Crippen LogP contribution is -2.62. The van der Waals surface area contributed by atoms with Gasteiger partial charge in [0.15, 0.2) is 11.6 Å². The zero-order chi connectivity index (χ0) is 26.3. The lowest BCUT2D eigenvalue weighted by Gasteiger charge is -2.44. The van der Waals surface area contributed by atoms with Gasteiger partial charge in [0.1, 0.15) is 13.1 Å². The predicted molar refractivity (Wildman–Crippen MR) is 164 cm³/mol. The number of thiophene rings is 2. The normalized spacial score (nSPS) is 15.4. The molecule has 0 unspecified atom stereocenters. The van der Waals surface area contributed by atoms with Gasteiger partial charge in [0.2, 0.25) is 0 Å². The summed E-state index contributed by atoms with van der Waals surface area (Å²) in [4.78, 5) is 29.1. The number of nitrogens with zero attached hydrogens (tertiary/aromatic N) is 1. The van der Waals surface area contributed by atoms with Crippen molar-refractivity contribution in [1.82, 2.24) is 0 Å². The third-order valence-electron chi connectivity index (χ3n) is 8.00. The summed E-state index contributed by atoms with van der Waals surface area (Å²) in [6.45, 7) is 4.60. The minimum absolute atomic E-state index is 0.155. The van der Waals surface area contributed by atoms with E-state index in [-0.39, 0.29) is 17.1 Å². The number of hydrogen-bond donors (Lipinski definition) is 0. The van der Waals surface area contributed by atoms with Crippen LogP contribution in [0.2, 0.25) is 12.1 Å². The summed E-state index contributed by atoms with van der Waals surface area (Å²) in [5, 5.41) is 7.76. The third-order valence-corrected chi connectivity index (χ3v) is 15.1. The summed E-state index contributed by atoms with van der Waals surface area (Å²) >= 11 is 3.05. The van der Waals surface area contributed by atoms with Crippen LogP contribution in [0.25, 0.3) is 6.08 Å². The van der Waals surface area contributed by atoms with Crippen LogP contribution in [0.15, 0.2) is 77.0 Å². The molecule has 0 saturated carbocycles. The van der Waals surface area contributed by atoms with Gasteiger partial charge in [0.25, 0.3) is 0 Å². The maximum Gasteiger partial charge on any atom is 0.198 e. The molecular formula is C32H31NO2S2Si. The van der Waals surface area contributed by atoms with Crippen molar-refractivity contribution in [2.45, 2.75) is 51.6 Å². The minimum atomic E-state index is -1.95. The van der Waals surface area contributed by atoms with E-state index in [2.05, 4.69) is 73.3 Å². The Kier molecular flexibility index (Phi) is 6.80. The second-order valence-electron chi connectivity index (χ2n) is 10.3. The number of allylic oxidation sites excluding steroid dienone is 1. The van der Waals surface area contributed by atoms with Gasteiger partial charge in [-0.05, 0) is 52.8 Å². The first-order valence-corrected chi connectivity index (χ1v) is 17.7. The molecule has 0 bridgehead atoms. The molecule has 1 aliphatic carbocycles. The molecule has 0 fully saturated rings. The van der Waals surface area contributed by atoms with E-state index in [4.69, 9.17) is 0 Å². The Bertz CT molecular complexity index is 1470. The van der Waals surface area contributed by atoms with Crippen LogP contribution < -0.4 is 15.3 Å². The summed E-state index contributed by atoms with van der Waals surface area (Å²) in [6, 6.07) is 24.8. The molecule has 4 aromatic rings. The van der Waals surface area contributed by atoms with E-state index in [1.165, 1.54) is 60.5 Å². The van der Waals surface area contributed by atoms with Gasteiger partial charge in [-0.15, -0.1) is 11.3 Å². The first-order valence-electron chi connectivity index (χ1n) is 13.6. The maximum absolute atomic E-state index is 12.9. The predicted octanol–water partition coefficient (Wildman–Crippen LogP) is 8.22. The second kappa shape index (κ2) is 10.2. The highest BCUT2D eigenvalue weighted by molar-refractivity contribution is 7.17. The Labute approximate surface area is 233 Å². The van der Waals surface area contributed by atoms with E-state index in [1.54, 1.807) is 38.5 Å². The van der Waals surface area contributed by atoms with Crippen molar-refractivity contribution < 1.29 is 9.59 Å². The van der Waals surface area contributed by atoms with E-state index < -0.39 is 8.07 Å². The number of anilines is 3. The standard InChI is InChI=1S/C32H31NO2S2Si/c1-3-5-17-38(18-6-4-2)28-13-9-7-11-26(28)33(27-12-8-10-14-29(27)38)30-16-15-22(37-30)19-23-31(34)24-20-36-21-25(24)32(23)35/h7-16,19-21H,3-6,17-18H2,1-2H3. The van der Waals surface area contributed by atoms with E-state index in [0.717, 1.165) is 9.88 Å². The summed E-state index contributed by atoms with van der Waals surface area (Å²) in [5.41, 5.74) is 3.95. The molecule has 6 heteroatoms. The molecule has 38 heavy (non-hydrogen) atoms. The number of unbranched alkanes of at least 4 members (excludes halogenated alkanes) is 2. The summed E-state index contributed by atoms with van der Waals surface area (Å²) in [7, 11) is -1.95. The van der Waals surface area contributed by atoms with Crippen LogP contribution in [0.5, 0.6) is 0 Å². The van der Waals surface area contributed by atoms with Gasteiger partial charge in [0, 0.05) is 38.1 Å². The van der Waals surface area contributed by atoms with Crippen LogP contribution in [0.3, 0.4) is 0 Å². The molecule has 0 N–H and O–H groups in total. The SMILES string of the molecule is CCCC[Si]1(CCCC)c2ccccc2N(c2ccc(C=C3C(=O)c4cscc4C3=O)s2)c2ccccc21.